The van der Waals surface area contributed by atoms with E-state index in [1.807, 2.05) is 123 Å². The maximum Gasteiger partial charge on any atom is 0.318 e. The zero-order chi connectivity index (χ0) is 38.9. The molecule has 2 aromatic heterocycles. The van der Waals surface area contributed by atoms with E-state index in [0.717, 1.165) is 52.7 Å². The summed E-state index contributed by atoms with van der Waals surface area (Å²) in [4.78, 5) is 24.2. The molecule has 0 spiro atoms. The van der Waals surface area contributed by atoms with Crippen LogP contribution in [0.25, 0.3) is 10.9 Å². The van der Waals surface area contributed by atoms with Gasteiger partial charge in [0, 0.05) is 17.6 Å². The molecule has 56 heavy (non-hydrogen) atoms. The summed E-state index contributed by atoms with van der Waals surface area (Å²) < 4.78 is 28.5. The minimum Gasteiger partial charge on any atom is -0.494 e. The van der Waals surface area contributed by atoms with Gasteiger partial charge in [0.1, 0.15) is 11.3 Å². The number of carbonyl (C=O) groups is 1. The Labute approximate surface area is 326 Å². The molecule has 2 N–H and O–H groups in total. The van der Waals surface area contributed by atoms with Crippen molar-refractivity contribution in [1.29, 1.82) is 0 Å². The predicted molar refractivity (Wildman–Crippen MR) is 218 cm³/mol. The summed E-state index contributed by atoms with van der Waals surface area (Å²) >= 11 is 0. The van der Waals surface area contributed by atoms with Crippen molar-refractivity contribution in [3.63, 3.8) is 0 Å². The van der Waals surface area contributed by atoms with Gasteiger partial charge < -0.3 is 25.0 Å². The largest absolute Gasteiger partial charge is 0.494 e. The third kappa shape index (κ3) is 8.23. The highest BCUT2D eigenvalue weighted by Gasteiger charge is 2.41. The van der Waals surface area contributed by atoms with Gasteiger partial charge in [-0.2, -0.15) is 10.1 Å². The van der Waals surface area contributed by atoms with Gasteiger partial charge in [-0.05, 0) is 80.0 Å². The molecule has 1 amide bonds. The summed E-state index contributed by atoms with van der Waals surface area (Å²) in [6, 6.07) is 43.7. The lowest BCUT2D eigenvalue weighted by Gasteiger charge is -2.37. The van der Waals surface area contributed by atoms with Crippen molar-refractivity contribution in [3.8, 4) is 11.8 Å². The van der Waals surface area contributed by atoms with Crippen molar-refractivity contribution in [2.45, 2.75) is 25.3 Å². The fourth-order valence-corrected chi connectivity index (χ4v) is 6.87. The van der Waals surface area contributed by atoms with E-state index in [4.69, 9.17) is 14.6 Å². The van der Waals surface area contributed by atoms with Crippen molar-refractivity contribution in [3.05, 3.63) is 168 Å². The number of carbonyl (C=O) groups excluding carboxylic acids is 1. The molecule has 11 heteroatoms. The number of nitrogens with one attached hydrogen (secondary N) is 2. The Morgan fingerprint density at radius 3 is 2.02 bits per heavy atom. The van der Waals surface area contributed by atoms with Gasteiger partial charge in [-0.15, -0.1) is 0 Å². The van der Waals surface area contributed by atoms with Gasteiger partial charge in [0.05, 0.1) is 31.3 Å². The lowest BCUT2D eigenvalue weighted by molar-refractivity contribution is -0.115. The maximum atomic E-state index is 15.2. The second-order valence-corrected chi connectivity index (χ2v) is 13.6. The molecule has 0 saturated heterocycles. The first-order chi connectivity index (χ1) is 27.3. The van der Waals surface area contributed by atoms with Gasteiger partial charge in [-0.25, -0.2) is 14.1 Å². The minimum atomic E-state index is -0.966. The highest BCUT2D eigenvalue weighted by molar-refractivity contribution is 6.02. The van der Waals surface area contributed by atoms with Crippen LogP contribution in [0.1, 0.15) is 35.6 Å². The lowest BCUT2D eigenvalue weighted by Crippen LogP contribution is -2.38. The number of ether oxygens (including phenoxy) is 2. The predicted octanol–water partition coefficient (Wildman–Crippen LogP) is 8.46. The number of hydrogen-bond donors (Lipinski definition) is 2. The molecule has 0 aliphatic rings. The van der Waals surface area contributed by atoms with Gasteiger partial charge in [0.2, 0.25) is 5.91 Å². The zero-order valence-corrected chi connectivity index (χ0v) is 31.7. The van der Waals surface area contributed by atoms with E-state index in [-0.39, 0.29) is 24.2 Å². The molecule has 0 fully saturated rings. The number of benzene rings is 5. The first kappa shape index (κ1) is 37.7. The number of nitrogens with zero attached hydrogens (tertiary/aromatic N) is 5. The fraction of sp³-hybridized carbons (Fsp3) is 0.200. The van der Waals surface area contributed by atoms with Gasteiger partial charge in [-0.3, -0.25) is 4.79 Å². The average Bonchev–Trinajstić information content (AvgIpc) is 3.57. The van der Waals surface area contributed by atoms with Crippen LogP contribution in [0.2, 0.25) is 0 Å². The summed E-state index contributed by atoms with van der Waals surface area (Å²) in [5.41, 5.74) is 4.03. The van der Waals surface area contributed by atoms with Gasteiger partial charge >= 0.3 is 6.01 Å². The van der Waals surface area contributed by atoms with Crippen LogP contribution >= 0.6 is 0 Å². The molecule has 284 valence electrons. The van der Waals surface area contributed by atoms with E-state index in [0.29, 0.717) is 30.1 Å². The highest BCUT2D eigenvalue weighted by Crippen LogP contribution is 2.44. The van der Waals surface area contributed by atoms with Crippen LogP contribution < -0.4 is 20.1 Å². The lowest BCUT2D eigenvalue weighted by atomic mass is 9.77. The monoisotopic (exact) mass is 749 g/mol. The molecule has 2 heterocycles. The summed E-state index contributed by atoms with van der Waals surface area (Å²) in [5, 5.41) is 12.1. The molecule has 0 saturated carbocycles. The number of halogens is 1. The van der Waals surface area contributed by atoms with Crippen molar-refractivity contribution < 1.29 is 18.7 Å². The Kier molecular flexibility index (Phi) is 11.6. The van der Waals surface area contributed by atoms with Crippen LogP contribution in [-0.2, 0) is 16.8 Å². The Hall–Kier alpha value is -6.59. The molecule has 0 radical (unpaired) electrons. The third-order valence-electron chi connectivity index (χ3n) is 9.39. The minimum absolute atomic E-state index is 0.0392. The Morgan fingerprint density at radius 2 is 1.43 bits per heavy atom. The van der Waals surface area contributed by atoms with Crippen LogP contribution in [0.4, 0.5) is 21.7 Å². The SMILES string of the molecule is CCOc1ccc(CC(=O)Nc2nn(C(c3ccccc3)(c3ccccc3)c3ccccc3)c3ccc(Nc4nc(OCCCN(C)C)ncc4F)cc23)cc1. The molecular weight excluding hydrogens is 706 g/mol. The summed E-state index contributed by atoms with van der Waals surface area (Å²) in [7, 11) is 3.97. The second-order valence-electron chi connectivity index (χ2n) is 13.6. The zero-order valence-electron chi connectivity index (χ0n) is 31.7. The number of anilines is 3. The van der Waals surface area contributed by atoms with Crippen molar-refractivity contribution in [1.82, 2.24) is 24.6 Å². The summed E-state index contributed by atoms with van der Waals surface area (Å²) in [6.07, 6.45) is 1.97. The second kappa shape index (κ2) is 17.3. The number of rotatable bonds is 16. The van der Waals surface area contributed by atoms with E-state index in [1.165, 1.54) is 0 Å². The van der Waals surface area contributed by atoms with Gasteiger partial charge in [-0.1, -0.05) is 103 Å². The molecule has 0 atom stereocenters. The highest BCUT2D eigenvalue weighted by atomic mass is 19.1. The van der Waals surface area contributed by atoms with Crippen LogP contribution in [0.15, 0.2) is 140 Å². The first-order valence-electron chi connectivity index (χ1n) is 18.6. The Balaban J connectivity index is 1.34. The Bertz CT molecular complexity index is 2270. The molecule has 7 aromatic rings. The van der Waals surface area contributed by atoms with Crippen molar-refractivity contribution in [2.75, 3.05) is 44.5 Å². The molecule has 7 rings (SSSR count). The quantitative estimate of drug-likeness (QED) is 0.0749. The molecule has 0 bridgehead atoms. The topological polar surface area (TPSA) is 106 Å². The smallest absolute Gasteiger partial charge is 0.318 e. The van der Waals surface area contributed by atoms with E-state index in [1.54, 1.807) is 0 Å². The van der Waals surface area contributed by atoms with Crippen molar-refractivity contribution in [2.24, 2.45) is 0 Å². The molecule has 0 aliphatic carbocycles. The summed E-state index contributed by atoms with van der Waals surface area (Å²) in [5.74, 6) is 0.161. The van der Waals surface area contributed by atoms with Gasteiger partial charge in [0.15, 0.2) is 17.5 Å². The van der Waals surface area contributed by atoms with E-state index in [2.05, 4.69) is 61.9 Å². The van der Waals surface area contributed by atoms with Crippen LogP contribution in [0, 0.1) is 5.82 Å². The number of amides is 1. The number of aromatic nitrogens is 4. The first-order valence-corrected chi connectivity index (χ1v) is 18.6. The standard InChI is InChI=1S/C45H44FN7O3/c1-4-55-37-24-21-32(22-25-37)29-41(54)49-42-38-30-36(48-43-39(46)31-47-44(50-43)56-28-14-27-52(2)3)23-26-40(38)53(51-42)45(33-15-8-5-9-16-33,34-17-10-6-11-18-34)35-19-12-7-13-20-35/h5-13,15-26,30-31H,4,14,27-29H2,1-3H3,(H,47,48,50)(H,49,51,54). The maximum absolute atomic E-state index is 15.2. The van der Waals surface area contributed by atoms with Crippen molar-refractivity contribution >= 4 is 34.1 Å². The van der Waals surface area contributed by atoms with Crippen LogP contribution in [-0.4, -0.2) is 64.4 Å². The van der Waals surface area contributed by atoms with E-state index >= 15 is 4.39 Å². The Morgan fingerprint density at radius 1 is 0.804 bits per heavy atom. The number of hydrogen-bond acceptors (Lipinski definition) is 8. The van der Waals surface area contributed by atoms with Crippen LogP contribution in [0.5, 0.6) is 11.8 Å². The van der Waals surface area contributed by atoms with Crippen LogP contribution in [0.3, 0.4) is 0 Å². The fourth-order valence-electron chi connectivity index (χ4n) is 6.87. The average molecular weight is 750 g/mol. The molecule has 5 aromatic carbocycles. The number of fused-ring (bicyclic) bond motifs is 1. The normalized spacial score (nSPS) is 11.4. The molecule has 0 unspecified atom stereocenters. The third-order valence-corrected chi connectivity index (χ3v) is 9.39. The van der Waals surface area contributed by atoms with E-state index in [9.17, 15) is 4.79 Å². The van der Waals surface area contributed by atoms with Gasteiger partial charge in [0.25, 0.3) is 0 Å². The summed E-state index contributed by atoms with van der Waals surface area (Å²) in [6.45, 7) is 3.70. The molecule has 10 nitrogen and oxygen atoms in total. The molecular formula is C45H44FN7O3. The molecule has 0 aliphatic heterocycles. The van der Waals surface area contributed by atoms with E-state index < -0.39 is 11.4 Å².